The lowest BCUT2D eigenvalue weighted by Gasteiger charge is -2.42. The lowest BCUT2D eigenvalue weighted by molar-refractivity contribution is -0.231. The van der Waals surface area contributed by atoms with E-state index in [9.17, 15) is 0 Å². The fourth-order valence-electron chi connectivity index (χ4n) is 3.44. The lowest BCUT2D eigenvalue weighted by Crippen LogP contribution is -2.47. The monoisotopic (exact) mass is 288 g/mol. The van der Waals surface area contributed by atoms with Gasteiger partial charge in [0.15, 0.2) is 5.79 Å². The maximum Gasteiger partial charge on any atom is 0.174 e. The van der Waals surface area contributed by atoms with Crippen molar-refractivity contribution in [2.24, 2.45) is 5.41 Å². The van der Waals surface area contributed by atoms with E-state index in [1.54, 1.807) is 0 Å². The molecular formula is C17H24N2O2. The minimum absolute atomic E-state index is 0.0910. The van der Waals surface area contributed by atoms with E-state index in [-0.39, 0.29) is 5.41 Å². The van der Waals surface area contributed by atoms with E-state index >= 15 is 0 Å². The molecule has 114 valence electrons. The second-order valence-corrected chi connectivity index (χ2v) is 6.48. The van der Waals surface area contributed by atoms with Crippen molar-refractivity contribution in [2.75, 3.05) is 13.2 Å². The molecule has 0 radical (unpaired) electrons. The molecule has 3 rings (SSSR count). The minimum atomic E-state index is -0.473. The summed E-state index contributed by atoms with van der Waals surface area (Å²) in [6.07, 6.45) is 11.0. The Balaban J connectivity index is 1.99. The second-order valence-electron chi connectivity index (χ2n) is 6.48. The first-order chi connectivity index (χ1) is 10.1. The van der Waals surface area contributed by atoms with Gasteiger partial charge >= 0.3 is 0 Å². The summed E-state index contributed by atoms with van der Waals surface area (Å²) in [7, 11) is 0. The summed E-state index contributed by atoms with van der Waals surface area (Å²) < 4.78 is 14.1. The molecular weight excluding hydrogens is 264 g/mol. The average molecular weight is 288 g/mol. The van der Waals surface area contributed by atoms with Crippen molar-refractivity contribution >= 4 is 6.08 Å². The third kappa shape index (κ3) is 2.47. The molecule has 21 heavy (non-hydrogen) atoms. The van der Waals surface area contributed by atoms with E-state index in [0.717, 1.165) is 25.8 Å². The van der Waals surface area contributed by atoms with Gasteiger partial charge in [0.25, 0.3) is 0 Å². The summed E-state index contributed by atoms with van der Waals surface area (Å²) in [6, 6.07) is 0. The first-order valence-corrected chi connectivity index (χ1v) is 7.68. The summed E-state index contributed by atoms with van der Waals surface area (Å²) >= 11 is 0. The van der Waals surface area contributed by atoms with Gasteiger partial charge < -0.3 is 9.47 Å². The van der Waals surface area contributed by atoms with Crippen LogP contribution in [0.2, 0.25) is 0 Å². The molecule has 2 heterocycles. The summed E-state index contributed by atoms with van der Waals surface area (Å²) in [5, 5.41) is 4.49. The van der Waals surface area contributed by atoms with Gasteiger partial charge in [0.1, 0.15) is 0 Å². The van der Waals surface area contributed by atoms with Gasteiger partial charge in [0, 0.05) is 11.8 Å². The average Bonchev–Trinajstić information content (AvgIpc) is 3.05. The predicted octanol–water partition coefficient (Wildman–Crippen LogP) is 3.19. The van der Waals surface area contributed by atoms with Gasteiger partial charge in [-0.25, -0.2) is 0 Å². The number of rotatable bonds is 2. The van der Waals surface area contributed by atoms with Gasteiger partial charge in [-0.3, -0.25) is 4.68 Å². The smallest absolute Gasteiger partial charge is 0.174 e. The molecule has 0 aromatic carbocycles. The molecule has 0 saturated carbocycles. The first kappa shape index (κ1) is 14.5. The number of ether oxygens (including phenoxy) is 2. The third-order valence-corrected chi connectivity index (χ3v) is 4.60. The standard InChI is InChI=1S/C17H24N2O2/c1-4-9-19-15-7-5-6-8-17(20-10-11-21-17)16(2,3)12-14(15)13-18-19/h4-5,7,13H,1,6,8-12H2,2-3H3/b7-5+. The Morgan fingerprint density at radius 2 is 2.14 bits per heavy atom. The molecule has 4 heteroatoms. The molecule has 1 spiro atoms. The Morgan fingerprint density at radius 3 is 2.86 bits per heavy atom. The van der Waals surface area contributed by atoms with Crippen LogP contribution in [0.15, 0.2) is 24.9 Å². The number of aromatic nitrogens is 2. The van der Waals surface area contributed by atoms with E-state index in [0.29, 0.717) is 13.2 Å². The zero-order valence-corrected chi connectivity index (χ0v) is 13.0. The van der Waals surface area contributed by atoms with E-state index in [4.69, 9.17) is 9.47 Å². The van der Waals surface area contributed by atoms with Gasteiger partial charge in [0.2, 0.25) is 0 Å². The van der Waals surface area contributed by atoms with Gasteiger partial charge in [-0.15, -0.1) is 6.58 Å². The van der Waals surface area contributed by atoms with Gasteiger partial charge in [-0.1, -0.05) is 26.0 Å². The van der Waals surface area contributed by atoms with Crippen molar-refractivity contribution in [3.63, 3.8) is 0 Å². The van der Waals surface area contributed by atoms with E-state index in [1.807, 2.05) is 17.0 Å². The molecule has 1 fully saturated rings. The topological polar surface area (TPSA) is 36.3 Å². The molecule has 1 aliphatic heterocycles. The Labute approximate surface area is 126 Å². The van der Waals surface area contributed by atoms with Crippen LogP contribution < -0.4 is 0 Å². The summed E-state index contributed by atoms with van der Waals surface area (Å²) in [4.78, 5) is 0. The number of hydrogen-bond acceptors (Lipinski definition) is 3. The van der Waals surface area contributed by atoms with Crippen molar-refractivity contribution in [2.45, 2.75) is 45.4 Å². The fourth-order valence-corrected chi connectivity index (χ4v) is 3.44. The largest absolute Gasteiger partial charge is 0.347 e. The van der Waals surface area contributed by atoms with Crippen LogP contribution in [-0.2, 0) is 22.4 Å². The van der Waals surface area contributed by atoms with Gasteiger partial charge in [-0.05, 0) is 24.5 Å². The van der Waals surface area contributed by atoms with E-state index < -0.39 is 5.79 Å². The fraction of sp³-hybridized carbons (Fsp3) is 0.588. The summed E-state index contributed by atoms with van der Waals surface area (Å²) in [6.45, 7) is 10.4. The molecule has 0 atom stereocenters. The Bertz CT molecular complexity index is 551. The van der Waals surface area contributed by atoms with Crippen molar-refractivity contribution in [3.8, 4) is 0 Å². The maximum atomic E-state index is 6.06. The van der Waals surface area contributed by atoms with E-state index in [2.05, 4.69) is 37.7 Å². The Hall–Kier alpha value is -1.39. The van der Waals surface area contributed by atoms with Crippen molar-refractivity contribution < 1.29 is 9.47 Å². The summed E-state index contributed by atoms with van der Waals surface area (Å²) in [5.41, 5.74) is 2.34. The maximum absolute atomic E-state index is 6.06. The first-order valence-electron chi connectivity index (χ1n) is 7.68. The molecule has 1 saturated heterocycles. The van der Waals surface area contributed by atoms with Crippen molar-refractivity contribution in [3.05, 3.63) is 36.2 Å². The lowest BCUT2D eigenvalue weighted by atomic mass is 9.76. The molecule has 0 N–H and O–H groups in total. The Morgan fingerprint density at radius 1 is 1.38 bits per heavy atom. The van der Waals surface area contributed by atoms with Crippen molar-refractivity contribution in [1.29, 1.82) is 0 Å². The van der Waals surface area contributed by atoms with Crippen LogP contribution in [0, 0.1) is 5.41 Å². The molecule has 2 aliphatic rings. The van der Waals surface area contributed by atoms with E-state index in [1.165, 1.54) is 11.3 Å². The van der Waals surface area contributed by atoms with Gasteiger partial charge in [0.05, 0.1) is 31.6 Å². The zero-order chi connectivity index (χ0) is 14.9. The number of nitrogens with zero attached hydrogens (tertiary/aromatic N) is 2. The van der Waals surface area contributed by atoms with Gasteiger partial charge in [-0.2, -0.15) is 5.10 Å². The van der Waals surface area contributed by atoms with Crippen LogP contribution in [0.25, 0.3) is 6.08 Å². The third-order valence-electron chi connectivity index (χ3n) is 4.60. The highest BCUT2D eigenvalue weighted by molar-refractivity contribution is 5.50. The number of fused-ring (bicyclic) bond motifs is 1. The molecule has 0 unspecified atom stereocenters. The van der Waals surface area contributed by atoms with Crippen molar-refractivity contribution in [1.82, 2.24) is 9.78 Å². The molecule has 1 aromatic rings. The molecule has 0 amide bonds. The highest BCUT2D eigenvalue weighted by atomic mass is 16.7. The number of hydrogen-bond donors (Lipinski definition) is 0. The van der Waals surface area contributed by atoms with Crippen LogP contribution in [0.4, 0.5) is 0 Å². The second kappa shape index (κ2) is 5.43. The van der Waals surface area contributed by atoms with Crippen LogP contribution in [0.3, 0.4) is 0 Å². The molecule has 1 aromatic heterocycles. The quantitative estimate of drug-likeness (QED) is 0.784. The highest BCUT2D eigenvalue weighted by Crippen LogP contribution is 2.45. The minimum Gasteiger partial charge on any atom is -0.347 e. The van der Waals surface area contributed by atoms with Crippen LogP contribution in [-0.4, -0.2) is 28.8 Å². The highest BCUT2D eigenvalue weighted by Gasteiger charge is 2.50. The Kier molecular flexibility index (Phi) is 3.76. The van der Waals surface area contributed by atoms with Crippen LogP contribution >= 0.6 is 0 Å². The number of allylic oxidation sites excluding steroid dienone is 2. The molecule has 4 nitrogen and oxygen atoms in total. The predicted molar refractivity (Wildman–Crippen MR) is 82.8 cm³/mol. The normalized spacial score (nSPS) is 24.9. The molecule has 1 aliphatic carbocycles. The zero-order valence-electron chi connectivity index (χ0n) is 13.0. The van der Waals surface area contributed by atoms with Crippen LogP contribution in [0.1, 0.15) is 37.9 Å². The molecule has 0 bridgehead atoms. The SMILES string of the molecule is C=CCn1ncc2c1/C=C/CCC1(OCCO1)C(C)(C)C2. The summed E-state index contributed by atoms with van der Waals surface area (Å²) in [5.74, 6) is -0.473. The van der Waals surface area contributed by atoms with Crippen LogP contribution in [0.5, 0.6) is 0 Å².